The first-order valence-corrected chi connectivity index (χ1v) is 12.0. The second-order valence-corrected chi connectivity index (χ2v) is 8.62. The van der Waals surface area contributed by atoms with E-state index in [0.29, 0.717) is 18.7 Å². The molecule has 1 unspecified atom stereocenters. The maximum absolute atomic E-state index is 13.3. The maximum Gasteiger partial charge on any atom is 0.277 e. The Bertz CT molecular complexity index is 967. The Hall–Kier alpha value is -2.95. The van der Waals surface area contributed by atoms with Gasteiger partial charge in [0.05, 0.1) is 6.54 Å². The molecule has 0 spiro atoms. The number of nitrogens with zero attached hydrogens (tertiary/aromatic N) is 1. The van der Waals surface area contributed by atoms with Crippen molar-refractivity contribution < 1.29 is 14.4 Å². The Morgan fingerprint density at radius 2 is 1.39 bits per heavy atom. The minimum atomic E-state index is -0.365. The molecule has 3 aromatic rings. The van der Waals surface area contributed by atoms with Crippen LogP contribution >= 0.6 is 0 Å². The molecule has 1 amide bonds. The fourth-order valence-electron chi connectivity index (χ4n) is 4.10. The van der Waals surface area contributed by atoms with Gasteiger partial charge in [-0.15, -0.1) is 0 Å². The highest BCUT2D eigenvalue weighted by Crippen LogP contribution is 2.19. The topological polar surface area (TPSA) is 38.8 Å². The van der Waals surface area contributed by atoms with E-state index in [1.165, 1.54) is 16.2 Å². The zero-order valence-corrected chi connectivity index (χ0v) is 19.2. The van der Waals surface area contributed by atoms with Crippen LogP contribution in [0.2, 0.25) is 0 Å². The third kappa shape index (κ3) is 7.28. The second kappa shape index (κ2) is 12.3. The van der Waals surface area contributed by atoms with E-state index in [-0.39, 0.29) is 12.2 Å². The zero-order chi connectivity index (χ0) is 22.7. The van der Waals surface area contributed by atoms with E-state index in [9.17, 15) is 4.79 Å². The molecule has 1 heterocycles. The van der Waals surface area contributed by atoms with Crippen LogP contribution in [0.5, 0.6) is 0 Å². The van der Waals surface area contributed by atoms with Crippen LogP contribution in [0.15, 0.2) is 84.9 Å². The molecule has 4 heteroatoms. The summed E-state index contributed by atoms with van der Waals surface area (Å²) in [6, 6.07) is 28.5. The molecule has 0 aliphatic carbocycles. The first-order chi connectivity index (χ1) is 16.3. The van der Waals surface area contributed by atoms with Gasteiger partial charge in [0, 0.05) is 18.6 Å². The number of ether oxygens (including phenoxy) is 1. The summed E-state index contributed by atoms with van der Waals surface area (Å²) in [5.41, 5.74) is 4.30. The van der Waals surface area contributed by atoms with Crippen LogP contribution in [0.1, 0.15) is 59.2 Å². The van der Waals surface area contributed by atoms with Gasteiger partial charge in [-0.2, -0.15) is 0 Å². The lowest BCUT2D eigenvalue weighted by Crippen LogP contribution is -2.37. The predicted octanol–water partition coefficient (Wildman–Crippen LogP) is 6.35. The van der Waals surface area contributed by atoms with Crippen molar-refractivity contribution in [2.24, 2.45) is 0 Å². The van der Waals surface area contributed by atoms with Crippen molar-refractivity contribution in [2.75, 3.05) is 6.61 Å². The Labute approximate surface area is 197 Å². The van der Waals surface area contributed by atoms with Crippen LogP contribution in [0, 0.1) is 0 Å². The third-order valence-electron chi connectivity index (χ3n) is 6.00. The normalized spacial score (nSPS) is 15.8. The lowest BCUT2D eigenvalue weighted by molar-refractivity contribution is -0.270. The van der Waals surface area contributed by atoms with E-state index in [2.05, 4.69) is 42.5 Å². The molecule has 1 atom stereocenters. The van der Waals surface area contributed by atoms with Crippen molar-refractivity contribution >= 4 is 5.91 Å². The Morgan fingerprint density at radius 1 is 0.788 bits per heavy atom. The van der Waals surface area contributed by atoms with E-state index in [1.807, 2.05) is 42.5 Å². The molecule has 0 radical (unpaired) electrons. The van der Waals surface area contributed by atoms with E-state index in [4.69, 9.17) is 9.57 Å². The number of hydrogen-bond donors (Lipinski definition) is 0. The number of hydrogen-bond acceptors (Lipinski definition) is 3. The Balaban J connectivity index is 1.34. The molecule has 33 heavy (non-hydrogen) atoms. The zero-order valence-electron chi connectivity index (χ0n) is 19.2. The molecule has 3 aromatic carbocycles. The minimum absolute atomic E-state index is 0.136. The smallest absolute Gasteiger partial charge is 0.277 e. The van der Waals surface area contributed by atoms with Gasteiger partial charge in [0.1, 0.15) is 0 Å². The molecule has 172 valence electrons. The van der Waals surface area contributed by atoms with E-state index >= 15 is 0 Å². The highest BCUT2D eigenvalue weighted by atomic mass is 16.8. The van der Waals surface area contributed by atoms with Gasteiger partial charge in [-0.05, 0) is 67.3 Å². The van der Waals surface area contributed by atoms with E-state index < -0.39 is 0 Å². The van der Waals surface area contributed by atoms with Gasteiger partial charge in [-0.25, -0.2) is 9.90 Å². The summed E-state index contributed by atoms with van der Waals surface area (Å²) in [5.74, 6) is -0.136. The molecule has 1 aliphatic rings. The van der Waals surface area contributed by atoms with E-state index in [1.54, 1.807) is 0 Å². The summed E-state index contributed by atoms with van der Waals surface area (Å²) >= 11 is 0. The lowest BCUT2D eigenvalue weighted by Gasteiger charge is -2.29. The number of benzene rings is 3. The summed E-state index contributed by atoms with van der Waals surface area (Å²) in [7, 11) is 0. The summed E-state index contributed by atoms with van der Waals surface area (Å²) in [6.07, 6.45) is 6.94. The Kier molecular flexibility index (Phi) is 8.68. The molecular weight excluding hydrogens is 410 g/mol. The van der Waals surface area contributed by atoms with E-state index in [0.717, 1.165) is 50.5 Å². The van der Waals surface area contributed by atoms with Gasteiger partial charge in [0.25, 0.3) is 5.91 Å². The number of aryl methyl sites for hydroxylation is 2. The first-order valence-electron chi connectivity index (χ1n) is 12.0. The third-order valence-corrected chi connectivity index (χ3v) is 6.00. The molecule has 1 aliphatic heterocycles. The number of amides is 1. The van der Waals surface area contributed by atoms with Crippen LogP contribution in [0.4, 0.5) is 0 Å². The molecular formula is C29H33NO3. The highest BCUT2D eigenvalue weighted by Gasteiger charge is 2.24. The standard InChI is InChI=1S/C29H33NO3/c31-29(30(23-26-15-5-2-6-16-26)33-28-17-9-10-22-32-28)27-20-18-25(19-21-27)14-8-7-13-24-11-3-1-4-12-24/h1-6,11-12,15-16,18-21,28H,7-10,13-14,17,22-23H2. The number of hydroxylamine groups is 2. The number of carbonyl (C=O) groups is 1. The summed E-state index contributed by atoms with van der Waals surface area (Å²) < 4.78 is 5.72. The van der Waals surface area contributed by atoms with Crippen LogP contribution in [0.25, 0.3) is 0 Å². The molecule has 4 nitrogen and oxygen atoms in total. The van der Waals surface area contributed by atoms with Crippen LogP contribution in [-0.4, -0.2) is 23.9 Å². The van der Waals surface area contributed by atoms with Gasteiger partial charge < -0.3 is 4.74 Å². The highest BCUT2D eigenvalue weighted by molar-refractivity contribution is 5.93. The molecule has 0 bridgehead atoms. The molecule has 0 N–H and O–H groups in total. The first kappa shape index (κ1) is 23.2. The lowest BCUT2D eigenvalue weighted by atomic mass is 10.0. The summed E-state index contributed by atoms with van der Waals surface area (Å²) in [4.78, 5) is 19.3. The van der Waals surface area contributed by atoms with Crippen LogP contribution < -0.4 is 0 Å². The number of carbonyl (C=O) groups excluding carboxylic acids is 1. The van der Waals surface area contributed by atoms with Gasteiger partial charge in [0.15, 0.2) is 6.29 Å². The molecule has 0 aromatic heterocycles. The largest absolute Gasteiger partial charge is 0.350 e. The molecule has 0 saturated carbocycles. The van der Waals surface area contributed by atoms with Crippen molar-refractivity contribution in [1.29, 1.82) is 0 Å². The quantitative estimate of drug-likeness (QED) is 0.271. The van der Waals surface area contributed by atoms with Crippen molar-refractivity contribution in [3.8, 4) is 0 Å². The van der Waals surface area contributed by atoms with Crippen LogP contribution in [0.3, 0.4) is 0 Å². The van der Waals surface area contributed by atoms with Gasteiger partial charge in [0.2, 0.25) is 0 Å². The average Bonchev–Trinajstić information content (AvgIpc) is 2.88. The SMILES string of the molecule is O=C(c1ccc(CCCCc2ccccc2)cc1)N(Cc1ccccc1)OC1CCCCO1. The van der Waals surface area contributed by atoms with Crippen molar-refractivity contribution in [3.05, 3.63) is 107 Å². The number of rotatable bonds is 10. The minimum Gasteiger partial charge on any atom is -0.350 e. The van der Waals surface area contributed by atoms with Crippen molar-refractivity contribution in [3.63, 3.8) is 0 Å². The fraction of sp³-hybridized carbons (Fsp3) is 0.345. The molecule has 1 fully saturated rings. The summed E-state index contributed by atoms with van der Waals surface area (Å²) in [5, 5.41) is 1.46. The molecule has 1 saturated heterocycles. The fourth-order valence-corrected chi connectivity index (χ4v) is 4.10. The van der Waals surface area contributed by atoms with Crippen LogP contribution in [-0.2, 0) is 29.0 Å². The van der Waals surface area contributed by atoms with Gasteiger partial charge in [-0.3, -0.25) is 4.79 Å². The maximum atomic E-state index is 13.3. The summed E-state index contributed by atoms with van der Waals surface area (Å²) in [6.45, 7) is 1.07. The van der Waals surface area contributed by atoms with Crippen molar-refractivity contribution in [1.82, 2.24) is 5.06 Å². The average molecular weight is 444 g/mol. The number of unbranched alkanes of at least 4 members (excludes halogenated alkanes) is 1. The second-order valence-electron chi connectivity index (χ2n) is 8.62. The monoisotopic (exact) mass is 443 g/mol. The molecule has 4 rings (SSSR count). The van der Waals surface area contributed by atoms with Gasteiger partial charge in [-0.1, -0.05) is 72.8 Å². The Morgan fingerprint density at radius 3 is 2.00 bits per heavy atom. The predicted molar refractivity (Wildman–Crippen MR) is 131 cm³/mol. The van der Waals surface area contributed by atoms with Gasteiger partial charge >= 0.3 is 0 Å². The van der Waals surface area contributed by atoms with Crippen molar-refractivity contribution in [2.45, 2.75) is 57.8 Å².